The summed E-state index contributed by atoms with van der Waals surface area (Å²) in [5.41, 5.74) is 1.46. The predicted octanol–water partition coefficient (Wildman–Crippen LogP) is 1.12. The lowest BCUT2D eigenvalue weighted by Gasteiger charge is -2.14. The summed E-state index contributed by atoms with van der Waals surface area (Å²) in [5.74, 6) is -1.53. The molecule has 2 amide bonds. The molecule has 6 nitrogen and oxygen atoms in total. The minimum atomic E-state index is -0.513. The lowest BCUT2D eigenvalue weighted by molar-refractivity contribution is -0.101. The van der Waals surface area contributed by atoms with E-state index in [9.17, 15) is 14.4 Å². The van der Waals surface area contributed by atoms with Crippen LogP contribution in [0.4, 0.5) is 0 Å². The molecule has 1 aliphatic heterocycles. The lowest BCUT2D eigenvalue weighted by atomic mass is 10.1. The maximum atomic E-state index is 12.2. The second-order valence-corrected chi connectivity index (χ2v) is 4.87. The number of carbonyl (C=O) groups is 3. The van der Waals surface area contributed by atoms with Crippen molar-refractivity contribution in [3.8, 4) is 0 Å². The van der Waals surface area contributed by atoms with E-state index in [1.54, 1.807) is 48.5 Å². The number of hydrogen-bond acceptors (Lipinski definition) is 5. The Morgan fingerprint density at radius 1 is 0.957 bits per heavy atom. The van der Waals surface area contributed by atoms with Gasteiger partial charge in [0.1, 0.15) is 6.61 Å². The highest BCUT2D eigenvalue weighted by Gasteiger charge is 2.36. The molecule has 0 saturated heterocycles. The van der Waals surface area contributed by atoms with E-state index >= 15 is 0 Å². The quantitative estimate of drug-likeness (QED) is 0.625. The topological polar surface area (TPSA) is 72.9 Å². The first-order valence-electron chi connectivity index (χ1n) is 6.90. The van der Waals surface area contributed by atoms with Crippen LogP contribution in [0.5, 0.6) is 0 Å². The second-order valence-electron chi connectivity index (χ2n) is 4.87. The van der Waals surface area contributed by atoms with E-state index in [1.807, 2.05) is 0 Å². The molecule has 0 unspecified atom stereocenters. The van der Waals surface area contributed by atoms with Crippen molar-refractivity contribution in [1.82, 2.24) is 5.06 Å². The highest BCUT2D eigenvalue weighted by Crippen LogP contribution is 2.23. The average Bonchev–Trinajstić information content (AvgIpc) is 2.84. The van der Waals surface area contributed by atoms with Gasteiger partial charge in [-0.3, -0.25) is 14.4 Å². The Morgan fingerprint density at radius 2 is 1.52 bits per heavy atom. The average molecular weight is 309 g/mol. The third-order valence-corrected chi connectivity index (χ3v) is 3.53. The van der Waals surface area contributed by atoms with Crippen LogP contribution in [0.2, 0.25) is 0 Å². The van der Waals surface area contributed by atoms with Crippen molar-refractivity contribution in [3.63, 3.8) is 0 Å². The molecular formula is C16H12BNO5. The van der Waals surface area contributed by atoms with Gasteiger partial charge >= 0.3 is 14.0 Å². The van der Waals surface area contributed by atoms with Gasteiger partial charge in [0, 0.05) is 0 Å². The molecule has 0 saturated carbocycles. The number of carbonyl (C=O) groups excluding carboxylic acids is 3. The summed E-state index contributed by atoms with van der Waals surface area (Å²) in [4.78, 5) is 41.5. The SMILES string of the molecule is BOC(=O)c1ccccc1CON1C(=O)c2ccccc2C1=O. The van der Waals surface area contributed by atoms with Gasteiger partial charge in [-0.15, -0.1) is 5.06 Å². The van der Waals surface area contributed by atoms with E-state index in [0.717, 1.165) is 5.06 Å². The smallest absolute Gasteiger partial charge is 0.326 e. The van der Waals surface area contributed by atoms with Crippen molar-refractivity contribution in [1.29, 1.82) is 0 Å². The van der Waals surface area contributed by atoms with Crippen LogP contribution in [0.15, 0.2) is 48.5 Å². The fraction of sp³-hybridized carbons (Fsp3) is 0.0625. The Hall–Kier alpha value is -2.93. The summed E-state index contributed by atoms with van der Waals surface area (Å²) in [5, 5.41) is 0.721. The molecule has 23 heavy (non-hydrogen) atoms. The molecule has 1 aliphatic rings. The van der Waals surface area contributed by atoms with Crippen molar-refractivity contribution in [2.75, 3.05) is 0 Å². The Balaban J connectivity index is 1.80. The van der Waals surface area contributed by atoms with Crippen molar-refractivity contribution < 1.29 is 23.9 Å². The van der Waals surface area contributed by atoms with Gasteiger partial charge in [-0.2, -0.15) is 0 Å². The first-order valence-corrected chi connectivity index (χ1v) is 6.90. The number of benzene rings is 2. The van der Waals surface area contributed by atoms with Gasteiger partial charge in [0.15, 0.2) is 0 Å². The van der Waals surface area contributed by atoms with E-state index in [0.29, 0.717) is 22.3 Å². The minimum absolute atomic E-state index is 0.100. The summed E-state index contributed by atoms with van der Waals surface area (Å²) < 4.78 is 4.70. The van der Waals surface area contributed by atoms with Crippen molar-refractivity contribution in [2.45, 2.75) is 6.61 Å². The highest BCUT2D eigenvalue weighted by atomic mass is 16.7. The zero-order valence-electron chi connectivity index (χ0n) is 12.3. The highest BCUT2D eigenvalue weighted by molar-refractivity contribution is 6.20. The van der Waals surface area contributed by atoms with Crippen LogP contribution in [-0.2, 0) is 16.1 Å². The molecule has 0 spiro atoms. The monoisotopic (exact) mass is 309 g/mol. The molecule has 2 aromatic carbocycles. The Kier molecular flexibility index (Phi) is 3.95. The number of rotatable bonds is 4. The van der Waals surface area contributed by atoms with Gasteiger partial charge in [-0.25, -0.2) is 4.79 Å². The molecule has 7 heteroatoms. The van der Waals surface area contributed by atoms with Gasteiger partial charge in [-0.05, 0) is 23.8 Å². The number of imide groups is 1. The molecular weight excluding hydrogens is 297 g/mol. The molecule has 1 heterocycles. The van der Waals surface area contributed by atoms with Crippen molar-refractivity contribution in [2.24, 2.45) is 0 Å². The standard InChI is InChI=1S/C16H12BNO5/c17-23-16(21)11-6-2-1-5-10(11)9-22-18-14(19)12-7-3-4-8-13(12)15(18)20/h1-8H,9,17H2. The van der Waals surface area contributed by atoms with Gasteiger partial charge in [-0.1, -0.05) is 30.3 Å². The fourth-order valence-corrected chi connectivity index (χ4v) is 2.37. The molecule has 114 valence electrons. The van der Waals surface area contributed by atoms with Crippen LogP contribution in [0.25, 0.3) is 0 Å². The largest absolute Gasteiger partial charge is 0.540 e. The number of fused-ring (bicyclic) bond motifs is 1. The zero-order valence-corrected chi connectivity index (χ0v) is 12.3. The third kappa shape index (κ3) is 2.62. The third-order valence-electron chi connectivity index (χ3n) is 3.53. The van der Waals surface area contributed by atoms with Crippen LogP contribution >= 0.6 is 0 Å². The van der Waals surface area contributed by atoms with Gasteiger partial charge in [0.05, 0.1) is 16.7 Å². The van der Waals surface area contributed by atoms with Gasteiger partial charge < -0.3 is 4.65 Å². The van der Waals surface area contributed by atoms with Crippen LogP contribution in [0.3, 0.4) is 0 Å². The van der Waals surface area contributed by atoms with E-state index < -0.39 is 17.8 Å². The molecule has 0 aliphatic carbocycles. The number of amides is 2. The van der Waals surface area contributed by atoms with Crippen LogP contribution < -0.4 is 0 Å². The fourth-order valence-electron chi connectivity index (χ4n) is 2.37. The molecule has 0 bridgehead atoms. The molecule has 0 radical (unpaired) electrons. The predicted molar refractivity (Wildman–Crippen MR) is 82.1 cm³/mol. The lowest BCUT2D eigenvalue weighted by Crippen LogP contribution is -2.30. The van der Waals surface area contributed by atoms with Crippen molar-refractivity contribution >= 4 is 25.8 Å². The zero-order chi connectivity index (χ0) is 16.4. The normalized spacial score (nSPS) is 13.1. The van der Waals surface area contributed by atoms with Crippen LogP contribution in [-0.4, -0.2) is 30.9 Å². The Bertz CT molecular complexity index is 770. The van der Waals surface area contributed by atoms with Crippen LogP contribution in [0, 0.1) is 0 Å². The van der Waals surface area contributed by atoms with E-state index in [4.69, 9.17) is 9.49 Å². The molecule has 2 aromatic rings. The maximum Gasteiger partial charge on any atom is 0.326 e. The first kappa shape index (κ1) is 15.0. The molecule has 0 aromatic heterocycles. The summed E-state index contributed by atoms with van der Waals surface area (Å²) in [7, 11) is 1.28. The Labute approximate surface area is 133 Å². The molecule has 0 atom stereocenters. The summed E-state index contributed by atoms with van der Waals surface area (Å²) >= 11 is 0. The van der Waals surface area contributed by atoms with E-state index in [-0.39, 0.29) is 6.61 Å². The maximum absolute atomic E-state index is 12.2. The number of hydrogen-bond donors (Lipinski definition) is 0. The summed E-state index contributed by atoms with van der Waals surface area (Å²) in [6.45, 7) is -0.100. The van der Waals surface area contributed by atoms with Gasteiger partial charge in [0.25, 0.3) is 11.8 Å². The second kappa shape index (κ2) is 6.06. The summed E-state index contributed by atoms with van der Waals surface area (Å²) in [6.07, 6.45) is 0. The number of nitrogens with zero attached hydrogens (tertiary/aromatic N) is 1. The van der Waals surface area contributed by atoms with Crippen LogP contribution in [0.1, 0.15) is 36.6 Å². The minimum Gasteiger partial charge on any atom is -0.540 e. The molecule has 0 fully saturated rings. The van der Waals surface area contributed by atoms with Gasteiger partial charge in [0.2, 0.25) is 0 Å². The van der Waals surface area contributed by atoms with Crippen molar-refractivity contribution in [3.05, 3.63) is 70.8 Å². The first-order chi connectivity index (χ1) is 11.1. The number of hydroxylamine groups is 2. The summed E-state index contributed by atoms with van der Waals surface area (Å²) in [6, 6.07) is 13.2. The molecule has 3 rings (SSSR count). The van der Waals surface area contributed by atoms with E-state index in [2.05, 4.69) is 0 Å². The Morgan fingerprint density at radius 3 is 2.13 bits per heavy atom. The molecule has 0 N–H and O–H groups in total. The van der Waals surface area contributed by atoms with E-state index in [1.165, 1.54) is 8.05 Å².